The molecule has 3 nitrogen and oxygen atoms in total. The highest BCUT2D eigenvalue weighted by Gasteiger charge is 2.42. The first kappa shape index (κ1) is 17.5. The first-order valence-electron chi connectivity index (χ1n) is 9.77. The average molecular weight is 329 g/mol. The summed E-state index contributed by atoms with van der Waals surface area (Å²) in [7, 11) is 0. The summed E-state index contributed by atoms with van der Waals surface area (Å²) in [5.74, 6) is 1.08. The standard InChI is InChI=1S/C21H32N2O/c1-18-9-7-15-23(17-18)16-8-14-22-20(24)21(12-5-6-13-21)19-10-3-2-4-11-19/h2-4,10-11,18H,5-9,12-17H2,1H3,(H,22,24)/t18-/m0/s1. The largest absolute Gasteiger partial charge is 0.355 e. The summed E-state index contributed by atoms with van der Waals surface area (Å²) in [4.78, 5) is 15.5. The van der Waals surface area contributed by atoms with Gasteiger partial charge in [0.1, 0.15) is 0 Å². The molecule has 1 atom stereocenters. The van der Waals surface area contributed by atoms with Gasteiger partial charge in [0.15, 0.2) is 0 Å². The van der Waals surface area contributed by atoms with E-state index in [2.05, 4.69) is 41.4 Å². The van der Waals surface area contributed by atoms with Crippen molar-refractivity contribution >= 4 is 5.91 Å². The van der Waals surface area contributed by atoms with Crippen molar-refractivity contribution in [2.75, 3.05) is 26.2 Å². The van der Waals surface area contributed by atoms with Gasteiger partial charge in [-0.05, 0) is 56.7 Å². The van der Waals surface area contributed by atoms with Crippen LogP contribution in [-0.2, 0) is 10.2 Å². The van der Waals surface area contributed by atoms with Gasteiger partial charge in [-0.25, -0.2) is 0 Å². The summed E-state index contributed by atoms with van der Waals surface area (Å²) < 4.78 is 0. The van der Waals surface area contributed by atoms with E-state index in [0.717, 1.165) is 51.1 Å². The molecule has 1 heterocycles. The van der Waals surface area contributed by atoms with Gasteiger partial charge in [0.2, 0.25) is 5.91 Å². The molecule has 3 heteroatoms. The van der Waals surface area contributed by atoms with Crippen LogP contribution in [-0.4, -0.2) is 37.0 Å². The third-order valence-electron chi connectivity index (χ3n) is 5.90. The van der Waals surface area contributed by atoms with Crippen LogP contribution >= 0.6 is 0 Å². The van der Waals surface area contributed by atoms with Crippen molar-refractivity contribution in [3.63, 3.8) is 0 Å². The fourth-order valence-corrected chi connectivity index (χ4v) is 4.55. The molecule has 1 saturated carbocycles. The number of benzene rings is 1. The van der Waals surface area contributed by atoms with Crippen molar-refractivity contribution in [1.82, 2.24) is 10.2 Å². The summed E-state index contributed by atoms with van der Waals surface area (Å²) in [5, 5.41) is 3.25. The average Bonchev–Trinajstić information content (AvgIpc) is 3.10. The van der Waals surface area contributed by atoms with Gasteiger partial charge < -0.3 is 10.2 Å². The van der Waals surface area contributed by atoms with E-state index in [1.165, 1.54) is 31.5 Å². The molecule has 0 radical (unpaired) electrons. The third-order valence-corrected chi connectivity index (χ3v) is 5.90. The van der Waals surface area contributed by atoms with Crippen LogP contribution in [0.25, 0.3) is 0 Å². The number of hydrogen-bond donors (Lipinski definition) is 1. The van der Waals surface area contributed by atoms with Gasteiger partial charge in [0.05, 0.1) is 5.41 Å². The molecule has 132 valence electrons. The first-order valence-corrected chi connectivity index (χ1v) is 9.77. The molecular weight excluding hydrogens is 296 g/mol. The Kier molecular flexibility index (Phi) is 5.94. The number of hydrogen-bond acceptors (Lipinski definition) is 2. The lowest BCUT2D eigenvalue weighted by molar-refractivity contribution is -0.126. The van der Waals surface area contributed by atoms with Crippen molar-refractivity contribution in [3.8, 4) is 0 Å². The predicted octanol–water partition coefficient (Wildman–Crippen LogP) is 3.74. The van der Waals surface area contributed by atoms with Crippen molar-refractivity contribution in [2.24, 2.45) is 5.92 Å². The molecule has 1 amide bonds. The van der Waals surface area contributed by atoms with Crippen molar-refractivity contribution in [3.05, 3.63) is 35.9 Å². The SMILES string of the molecule is C[C@H]1CCCN(CCCNC(=O)C2(c3ccccc3)CCCC2)C1. The quantitative estimate of drug-likeness (QED) is 0.807. The van der Waals surface area contributed by atoms with Gasteiger partial charge in [-0.2, -0.15) is 0 Å². The maximum atomic E-state index is 12.9. The Morgan fingerprint density at radius 2 is 1.96 bits per heavy atom. The van der Waals surface area contributed by atoms with Gasteiger partial charge in [-0.3, -0.25) is 4.79 Å². The number of carbonyl (C=O) groups is 1. The van der Waals surface area contributed by atoms with Crippen molar-refractivity contribution in [1.29, 1.82) is 0 Å². The highest BCUT2D eigenvalue weighted by Crippen LogP contribution is 2.41. The summed E-state index contributed by atoms with van der Waals surface area (Å²) in [6.45, 7) is 6.72. The minimum absolute atomic E-state index is 0.248. The second-order valence-electron chi connectivity index (χ2n) is 7.81. The number of rotatable bonds is 6. The first-order chi connectivity index (χ1) is 11.7. The number of carbonyl (C=O) groups excluding carboxylic acids is 1. The zero-order chi connectivity index (χ0) is 16.8. The molecule has 1 saturated heterocycles. The van der Waals surface area contributed by atoms with Gasteiger partial charge in [-0.1, -0.05) is 50.1 Å². The fraction of sp³-hybridized carbons (Fsp3) is 0.667. The number of nitrogens with one attached hydrogen (secondary N) is 1. The van der Waals surface area contributed by atoms with Gasteiger partial charge in [0, 0.05) is 13.1 Å². The Bertz CT molecular complexity index is 522. The molecule has 3 rings (SSSR count). The second kappa shape index (κ2) is 8.15. The zero-order valence-electron chi connectivity index (χ0n) is 15.1. The lowest BCUT2D eigenvalue weighted by atomic mass is 9.78. The Morgan fingerprint density at radius 3 is 2.67 bits per heavy atom. The number of likely N-dealkylation sites (tertiary alicyclic amines) is 1. The number of amides is 1. The van der Waals surface area contributed by atoms with E-state index in [1.807, 2.05) is 6.07 Å². The van der Waals surface area contributed by atoms with Crippen molar-refractivity contribution in [2.45, 2.75) is 57.3 Å². The molecule has 0 aromatic heterocycles. The Labute approximate surface area is 146 Å². The smallest absolute Gasteiger partial charge is 0.230 e. The van der Waals surface area contributed by atoms with E-state index in [-0.39, 0.29) is 11.3 Å². The summed E-state index contributed by atoms with van der Waals surface area (Å²) in [6, 6.07) is 10.4. The Hall–Kier alpha value is -1.35. The monoisotopic (exact) mass is 328 g/mol. The lowest BCUT2D eigenvalue weighted by Crippen LogP contribution is -2.43. The third kappa shape index (κ3) is 4.00. The second-order valence-corrected chi connectivity index (χ2v) is 7.81. The number of nitrogens with zero attached hydrogens (tertiary/aromatic N) is 1. The molecular formula is C21H32N2O. The molecule has 1 aliphatic carbocycles. The predicted molar refractivity (Wildman–Crippen MR) is 99.1 cm³/mol. The van der Waals surface area contributed by atoms with E-state index >= 15 is 0 Å². The Morgan fingerprint density at radius 1 is 1.21 bits per heavy atom. The molecule has 0 spiro atoms. The minimum atomic E-state index is -0.277. The highest BCUT2D eigenvalue weighted by molar-refractivity contribution is 5.88. The van der Waals surface area contributed by atoms with E-state index in [1.54, 1.807) is 0 Å². The molecule has 1 aliphatic heterocycles. The van der Waals surface area contributed by atoms with Crippen LogP contribution in [0.2, 0.25) is 0 Å². The van der Waals surface area contributed by atoms with E-state index in [9.17, 15) is 4.79 Å². The molecule has 2 aliphatic rings. The normalized spacial score (nSPS) is 24.0. The topological polar surface area (TPSA) is 32.3 Å². The maximum Gasteiger partial charge on any atom is 0.230 e. The summed E-state index contributed by atoms with van der Waals surface area (Å²) in [5.41, 5.74) is 0.922. The molecule has 1 aromatic rings. The van der Waals surface area contributed by atoms with Crippen LogP contribution in [0.4, 0.5) is 0 Å². The number of piperidine rings is 1. The molecule has 0 unspecified atom stereocenters. The van der Waals surface area contributed by atoms with Gasteiger partial charge >= 0.3 is 0 Å². The summed E-state index contributed by atoms with van der Waals surface area (Å²) >= 11 is 0. The highest BCUT2D eigenvalue weighted by atomic mass is 16.2. The molecule has 24 heavy (non-hydrogen) atoms. The van der Waals surface area contributed by atoms with E-state index in [4.69, 9.17) is 0 Å². The zero-order valence-corrected chi connectivity index (χ0v) is 15.1. The van der Waals surface area contributed by atoms with Gasteiger partial charge in [-0.15, -0.1) is 0 Å². The Balaban J connectivity index is 1.50. The maximum absolute atomic E-state index is 12.9. The molecule has 2 fully saturated rings. The van der Waals surface area contributed by atoms with Crippen LogP contribution < -0.4 is 5.32 Å². The molecule has 1 aromatic carbocycles. The van der Waals surface area contributed by atoms with Crippen LogP contribution in [0.3, 0.4) is 0 Å². The molecule has 1 N–H and O–H groups in total. The van der Waals surface area contributed by atoms with E-state index in [0.29, 0.717) is 0 Å². The fourth-order valence-electron chi connectivity index (χ4n) is 4.55. The molecule has 0 bridgehead atoms. The van der Waals surface area contributed by atoms with Crippen molar-refractivity contribution < 1.29 is 4.79 Å². The van der Waals surface area contributed by atoms with Crippen LogP contribution in [0, 0.1) is 5.92 Å². The van der Waals surface area contributed by atoms with Crippen LogP contribution in [0.5, 0.6) is 0 Å². The van der Waals surface area contributed by atoms with Crippen LogP contribution in [0.1, 0.15) is 57.4 Å². The summed E-state index contributed by atoms with van der Waals surface area (Å²) in [6.07, 6.45) is 8.06. The van der Waals surface area contributed by atoms with E-state index < -0.39 is 0 Å². The lowest BCUT2D eigenvalue weighted by Gasteiger charge is -2.31. The minimum Gasteiger partial charge on any atom is -0.355 e. The van der Waals surface area contributed by atoms with Gasteiger partial charge in [0.25, 0.3) is 0 Å². The van der Waals surface area contributed by atoms with Crippen LogP contribution in [0.15, 0.2) is 30.3 Å².